The molecule has 0 aromatic carbocycles. The van der Waals surface area contributed by atoms with Crippen LogP contribution in [0.3, 0.4) is 0 Å². The number of nitrogens with zero attached hydrogens (tertiary/aromatic N) is 3. The Hall–Kier alpha value is -1.77. The fourth-order valence-corrected chi connectivity index (χ4v) is 4.25. The van der Waals surface area contributed by atoms with Crippen LogP contribution in [0, 0.1) is 11.8 Å². The number of rotatable bonds is 5. The normalized spacial score (nSPS) is 27.1. The van der Waals surface area contributed by atoms with E-state index < -0.39 is 0 Å². The number of hydrogen-bond acceptors (Lipinski definition) is 7. The van der Waals surface area contributed by atoms with Crippen LogP contribution in [0.15, 0.2) is 28.4 Å². The molecule has 1 N–H and O–H groups in total. The Bertz CT molecular complexity index is 661. The molecule has 2 fully saturated rings. The molecule has 24 heavy (non-hydrogen) atoms. The average Bonchev–Trinajstić information content (AvgIpc) is 3.34. The van der Waals surface area contributed by atoms with Crippen LogP contribution in [-0.2, 0) is 11.3 Å². The number of piperidine rings is 1. The second-order valence-corrected chi connectivity index (χ2v) is 7.31. The Labute approximate surface area is 144 Å². The average molecular weight is 348 g/mol. The highest BCUT2D eigenvalue weighted by Crippen LogP contribution is 2.34. The maximum Gasteiger partial charge on any atom is 0.289 e. The number of nitrogens with one attached hydrogen (secondary N) is 1. The fourth-order valence-electron chi connectivity index (χ4n) is 3.59. The van der Waals surface area contributed by atoms with Gasteiger partial charge in [0.1, 0.15) is 5.01 Å². The molecule has 2 aromatic rings. The molecule has 4 rings (SSSR count). The van der Waals surface area contributed by atoms with Crippen molar-refractivity contribution < 1.29 is 14.1 Å². The molecule has 7 nitrogen and oxygen atoms in total. The lowest BCUT2D eigenvalue weighted by molar-refractivity contribution is 0.0664. The molecule has 2 aliphatic heterocycles. The lowest BCUT2D eigenvalue weighted by Gasteiger charge is -2.35. The Morgan fingerprint density at radius 1 is 1.46 bits per heavy atom. The summed E-state index contributed by atoms with van der Waals surface area (Å²) in [5.74, 6) is 1.03. The summed E-state index contributed by atoms with van der Waals surface area (Å²) >= 11 is 1.70. The van der Waals surface area contributed by atoms with Crippen molar-refractivity contribution in [1.82, 2.24) is 20.4 Å². The van der Waals surface area contributed by atoms with Gasteiger partial charge in [0.15, 0.2) is 0 Å². The monoisotopic (exact) mass is 348 g/mol. The molecular formula is C16H20N4O3S. The zero-order valence-electron chi connectivity index (χ0n) is 13.3. The van der Waals surface area contributed by atoms with Crippen LogP contribution in [-0.4, -0.2) is 53.3 Å². The molecule has 0 spiro atoms. The Morgan fingerprint density at radius 3 is 3.21 bits per heavy atom. The van der Waals surface area contributed by atoms with E-state index in [4.69, 9.17) is 9.26 Å². The van der Waals surface area contributed by atoms with Crippen LogP contribution in [0.5, 0.6) is 0 Å². The van der Waals surface area contributed by atoms with E-state index in [1.165, 1.54) is 6.20 Å². The largest absolute Gasteiger partial charge is 0.376 e. The minimum absolute atomic E-state index is 0.0565. The molecule has 1 amide bonds. The van der Waals surface area contributed by atoms with Gasteiger partial charge in [0.05, 0.1) is 25.5 Å². The lowest BCUT2D eigenvalue weighted by Crippen LogP contribution is -2.45. The number of hydrogen-bond donors (Lipinski definition) is 1. The Morgan fingerprint density at radius 2 is 2.42 bits per heavy atom. The van der Waals surface area contributed by atoms with Gasteiger partial charge in [-0.25, -0.2) is 4.98 Å². The summed E-state index contributed by atoms with van der Waals surface area (Å²) in [7, 11) is 0. The van der Waals surface area contributed by atoms with Crippen LogP contribution in [0.1, 0.15) is 22.0 Å². The predicted molar refractivity (Wildman–Crippen MR) is 87.6 cm³/mol. The maximum absolute atomic E-state index is 12.0. The van der Waals surface area contributed by atoms with E-state index in [1.54, 1.807) is 17.4 Å². The Balaban J connectivity index is 1.32. The standard InChI is InChI=1S/C16H20N4O3S/c21-16(13-1-3-19-23-13)18-7-14-12-8-20(5-2-11(12)10-22-14)9-15-17-4-6-24-15/h1,3-4,6,11-12,14H,2,5,7-10H2,(H,18,21)/t11-,12-,14+/m0/s1. The van der Waals surface area contributed by atoms with Crippen molar-refractivity contribution >= 4 is 17.2 Å². The zero-order chi connectivity index (χ0) is 16.4. The number of fused-ring (bicyclic) bond motifs is 1. The predicted octanol–water partition coefficient (Wildman–Crippen LogP) is 1.40. The van der Waals surface area contributed by atoms with E-state index in [2.05, 4.69) is 20.4 Å². The van der Waals surface area contributed by atoms with Crippen molar-refractivity contribution in [2.75, 3.05) is 26.2 Å². The van der Waals surface area contributed by atoms with Gasteiger partial charge in [-0.15, -0.1) is 11.3 Å². The number of likely N-dealkylation sites (tertiary alicyclic amines) is 1. The molecular weight excluding hydrogens is 328 g/mol. The number of carbonyl (C=O) groups is 1. The smallest absolute Gasteiger partial charge is 0.289 e. The van der Waals surface area contributed by atoms with Gasteiger partial charge in [-0.05, 0) is 18.9 Å². The van der Waals surface area contributed by atoms with Crippen molar-refractivity contribution in [1.29, 1.82) is 0 Å². The molecule has 2 aliphatic rings. The third kappa shape index (κ3) is 3.35. The number of carbonyl (C=O) groups excluding carboxylic acids is 1. The third-order valence-corrected chi connectivity index (χ3v) is 5.62. The highest BCUT2D eigenvalue weighted by atomic mass is 32.1. The van der Waals surface area contributed by atoms with Gasteiger partial charge in [0.2, 0.25) is 5.76 Å². The fraction of sp³-hybridized carbons (Fsp3) is 0.562. The van der Waals surface area contributed by atoms with Gasteiger partial charge in [-0.1, -0.05) is 5.16 Å². The lowest BCUT2D eigenvalue weighted by atomic mass is 9.84. The van der Waals surface area contributed by atoms with Crippen molar-refractivity contribution in [3.05, 3.63) is 34.6 Å². The SMILES string of the molecule is O=C(NC[C@H]1OC[C@@H]2CCN(Cc3nccs3)C[C@@H]21)c1ccno1. The maximum atomic E-state index is 12.0. The first-order valence-corrected chi connectivity index (χ1v) is 9.09. The van der Waals surface area contributed by atoms with E-state index in [0.717, 1.165) is 37.7 Å². The van der Waals surface area contributed by atoms with Crippen LogP contribution in [0.4, 0.5) is 0 Å². The minimum Gasteiger partial charge on any atom is -0.376 e. The van der Waals surface area contributed by atoms with E-state index in [1.807, 2.05) is 11.6 Å². The summed E-state index contributed by atoms with van der Waals surface area (Å²) in [6.07, 6.45) is 4.52. The highest BCUT2D eigenvalue weighted by molar-refractivity contribution is 7.09. The summed E-state index contributed by atoms with van der Waals surface area (Å²) in [6, 6.07) is 1.56. The van der Waals surface area contributed by atoms with E-state index in [0.29, 0.717) is 18.4 Å². The molecule has 0 aliphatic carbocycles. The highest BCUT2D eigenvalue weighted by Gasteiger charge is 2.41. The molecule has 0 unspecified atom stereocenters. The summed E-state index contributed by atoms with van der Waals surface area (Å²) < 4.78 is 10.8. The van der Waals surface area contributed by atoms with E-state index >= 15 is 0 Å². The summed E-state index contributed by atoms with van der Waals surface area (Å²) in [4.78, 5) is 18.8. The topological polar surface area (TPSA) is 80.5 Å². The molecule has 8 heteroatoms. The second kappa shape index (κ2) is 7.00. The number of ether oxygens (including phenoxy) is 1. The first kappa shape index (κ1) is 15.7. The molecule has 0 radical (unpaired) electrons. The van der Waals surface area contributed by atoms with E-state index in [9.17, 15) is 4.79 Å². The van der Waals surface area contributed by atoms with Gasteiger partial charge < -0.3 is 14.6 Å². The number of aromatic nitrogens is 2. The zero-order valence-corrected chi connectivity index (χ0v) is 14.1. The van der Waals surface area contributed by atoms with Crippen molar-refractivity contribution in [2.24, 2.45) is 11.8 Å². The quantitative estimate of drug-likeness (QED) is 0.880. The summed E-state index contributed by atoms with van der Waals surface area (Å²) in [5, 5.41) is 9.62. The molecule has 2 aromatic heterocycles. The molecule has 4 heterocycles. The van der Waals surface area contributed by atoms with Gasteiger partial charge in [0, 0.05) is 36.7 Å². The summed E-state index contributed by atoms with van der Waals surface area (Å²) in [6.45, 7) is 4.27. The van der Waals surface area contributed by atoms with E-state index in [-0.39, 0.29) is 17.8 Å². The van der Waals surface area contributed by atoms with Gasteiger partial charge in [-0.3, -0.25) is 9.69 Å². The van der Waals surface area contributed by atoms with Crippen molar-refractivity contribution in [2.45, 2.75) is 19.1 Å². The van der Waals surface area contributed by atoms with Gasteiger partial charge in [-0.2, -0.15) is 0 Å². The van der Waals surface area contributed by atoms with Crippen LogP contribution in [0.2, 0.25) is 0 Å². The molecule has 3 atom stereocenters. The summed E-state index contributed by atoms with van der Waals surface area (Å²) in [5.41, 5.74) is 0. The van der Waals surface area contributed by atoms with Gasteiger partial charge in [0.25, 0.3) is 5.91 Å². The first-order valence-electron chi connectivity index (χ1n) is 8.21. The first-order chi connectivity index (χ1) is 11.8. The molecule has 2 saturated heterocycles. The van der Waals surface area contributed by atoms with Crippen molar-refractivity contribution in [3.8, 4) is 0 Å². The number of thiazole rings is 1. The van der Waals surface area contributed by atoms with Gasteiger partial charge >= 0.3 is 0 Å². The second-order valence-electron chi connectivity index (χ2n) is 6.33. The number of amides is 1. The molecule has 0 bridgehead atoms. The minimum atomic E-state index is -0.241. The Kier molecular flexibility index (Phi) is 4.59. The van der Waals surface area contributed by atoms with Crippen molar-refractivity contribution in [3.63, 3.8) is 0 Å². The molecule has 128 valence electrons. The van der Waals surface area contributed by atoms with Crippen LogP contribution < -0.4 is 5.32 Å². The third-order valence-electron chi connectivity index (χ3n) is 4.86. The van der Waals surface area contributed by atoms with Crippen LogP contribution in [0.25, 0.3) is 0 Å². The molecule has 0 saturated carbocycles. The van der Waals surface area contributed by atoms with Crippen LogP contribution >= 0.6 is 11.3 Å².